The van der Waals surface area contributed by atoms with E-state index in [1.54, 1.807) is 0 Å². The molecule has 0 unspecified atom stereocenters. The van der Waals surface area contributed by atoms with Gasteiger partial charge in [0.15, 0.2) is 0 Å². The summed E-state index contributed by atoms with van der Waals surface area (Å²) in [7, 11) is -0.358. The Hall–Kier alpha value is -0.825. The van der Waals surface area contributed by atoms with Crippen molar-refractivity contribution in [2.45, 2.75) is 38.9 Å². The van der Waals surface area contributed by atoms with Gasteiger partial charge < -0.3 is 9.31 Å². The minimum Gasteiger partial charge on any atom is -0.399 e. The Morgan fingerprint density at radius 2 is 1.81 bits per heavy atom. The van der Waals surface area contributed by atoms with Crippen molar-refractivity contribution in [1.82, 2.24) is 0 Å². The standard InChI is InChI=1S/C11H14BNO2S/c1-10(2)11(3,4)15-12(14-10)8-5-9(6-13)16-7-8/h5,7H,1-4H3. The van der Waals surface area contributed by atoms with Gasteiger partial charge in [0.25, 0.3) is 0 Å². The van der Waals surface area contributed by atoms with Crippen molar-refractivity contribution in [3.63, 3.8) is 0 Å². The minimum atomic E-state index is -0.358. The van der Waals surface area contributed by atoms with Crippen LogP contribution in [0.2, 0.25) is 0 Å². The summed E-state index contributed by atoms with van der Waals surface area (Å²) in [5.74, 6) is 0. The van der Waals surface area contributed by atoms with Gasteiger partial charge in [-0.2, -0.15) is 5.26 Å². The van der Waals surface area contributed by atoms with Gasteiger partial charge in [0.2, 0.25) is 0 Å². The molecule has 1 aliphatic rings. The summed E-state index contributed by atoms with van der Waals surface area (Å²) < 4.78 is 11.8. The van der Waals surface area contributed by atoms with Crippen LogP contribution in [-0.2, 0) is 9.31 Å². The summed E-state index contributed by atoms with van der Waals surface area (Å²) in [6.45, 7) is 8.07. The van der Waals surface area contributed by atoms with Gasteiger partial charge >= 0.3 is 7.12 Å². The fraction of sp³-hybridized carbons (Fsp3) is 0.545. The molecule has 1 saturated heterocycles. The van der Waals surface area contributed by atoms with Crippen molar-refractivity contribution >= 4 is 23.9 Å². The molecule has 16 heavy (non-hydrogen) atoms. The lowest BCUT2D eigenvalue weighted by Crippen LogP contribution is -2.41. The average Bonchev–Trinajstić information content (AvgIpc) is 2.70. The molecule has 1 fully saturated rings. The van der Waals surface area contributed by atoms with Crippen molar-refractivity contribution in [2.75, 3.05) is 0 Å². The summed E-state index contributed by atoms with van der Waals surface area (Å²) in [4.78, 5) is 0.685. The maximum Gasteiger partial charge on any atom is 0.495 e. The van der Waals surface area contributed by atoms with E-state index in [0.717, 1.165) is 5.46 Å². The van der Waals surface area contributed by atoms with E-state index in [4.69, 9.17) is 14.6 Å². The molecule has 1 aliphatic heterocycles. The quantitative estimate of drug-likeness (QED) is 0.698. The van der Waals surface area contributed by atoms with Crippen molar-refractivity contribution in [3.05, 3.63) is 16.3 Å². The second-order valence-electron chi connectivity index (χ2n) is 4.94. The maximum absolute atomic E-state index is 8.78. The highest BCUT2D eigenvalue weighted by molar-refractivity contribution is 7.11. The fourth-order valence-corrected chi connectivity index (χ4v) is 2.21. The first-order chi connectivity index (χ1) is 7.36. The Balaban J connectivity index is 2.24. The summed E-state index contributed by atoms with van der Waals surface area (Å²) in [5.41, 5.74) is 0.277. The van der Waals surface area contributed by atoms with Crippen LogP contribution >= 0.6 is 11.3 Å². The SMILES string of the molecule is CC1(C)OB(c2csc(C#N)c2)OC1(C)C. The third kappa shape index (κ3) is 1.77. The predicted molar refractivity (Wildman–Crippen MR) is 64.8 cm³/mol. The zero-order chi connectivity index (χ0) is 12.0. The van der Waals surface area contributed by atoms with E-state index in [0.29, 0.717) is 4.88 Å². The lowest BCUT2D eigenvalue weighted by atomic mass is 9.81. The Labute approximate surface area is 100 Å². The van der Waals surface area contributed by atoms with Gasteiger partial charge in [-0.3, -0.25) is 0 Å². The molecule has 3 nitrogen and oxygen atoms in total. The molecular weight excluding hydrogens is 221 g/mol. The molecule has 0 aromatic carbocycles. The summed E-state index contributed by atoms with van der Waals surface area (Å²) in [6, 6.07) is 3.95. The molecule has 0 amide bonds. The molecule has 1 aromatic rings. The van der Waals surface area contributed by atoms with Crippen LogP contribution in [0.25, 0.3) is 0 Å². The molecule has 0 radical (unpaired) electrons. The molecule has 84 valence electrons. The van der Waals surface area contributed by atoms with E-state index in [1.807, 2.05) is 39.1 Å². The lowest BCUT2D eigenvalue weighted by Gasteiger charge is -2.32. The van der Waals surface area contributed by atoms with E-state index in [-0.39, 0.29) is 18.3 Å². The third-order valence-corrected chi connectivity index (χ3v) is 4.11. The average molecular weight is 235 g/mol. The fourth-order valence-electron chi connectivity index (χ4n) is 1.51. The topological polar surface area (TPSA) is 42.2 Å². The van der Waals surface area contributed by atoms with Gasteiger partial charge in [-0.05, 0) is 44.6 Å². The van der Waals surface area contributed by atoms with Gasteiger partial charge in [-0.1, -0.05) is 0 Å². The van der Waals surface area contributed by atoms with E-state index in [9.17, 15) is 0 Å². The van der Waals surface area contributed by atoms with E-state index in [2.05, 4.69) is 6.07 Å². The molecule has 0 N–H and O–H groups in total. The number of nitrogens with zero attached hydrogens (tertiary/aromatic N) is 1. The largest absolute Gasteiger partial charge is 0.495 e. The Kier molecular flexibility index (Phi) is 2.62. The molecule has 1 aromatic heterocycles. The Bertz CT molecular complexity index is 431. The van der Waals surface area contributed by atoms with E-state index in [1.165, 1.54) is 11.3 Å². The van der Waals surface area contributed by atoms with Crippen LogP contribution in [-0.4, -0.2) is 18.3 Å². The number of rotatable bonds is 1. The zero-order valence-electron chi connectivity index (χ0n) is 9.90. The first-order valence-electron chi connectivity index (χ1n) is 5.20. The normalized spacial score (nSPS) is 22.1. The van der Waals surface area contributed by atoms with Crippen LogP contribution in [0.15, 0.2) is 11.4 Å². The predicted octanol–water partition coefficient (Wildman–Crippen LogP) is 1.92. The minimum absolute atomic E-state index is 0.327. The Morgan fingerprint density at radius 3 is 2.25 bits per heavy atom. The van der Waals surface area contributed by atoms with Crippen molar-refractivity contribution < 1.29 is 9.31 Å². The number of thiophene rings is 1. The van der Waals surface area contributed by atoms with Gasteiger partial charge in [-0.15, -0.1) is 11.3 Å². The number of nitriles is 1. The van der Waals surface area contributed by atoms with E-state index < -0.39 is 0 Å². The molecule has 0 saturated carbocycles. The van der Waals surface area contributed by atoms with Crippen LogP contribution in [0.1, 0.15) is 32.6 Å². The smallest absolute Gasteiger partial charge is 0.399 e. The highest BCUT2D eigenvalue weighted by Crippen LogP contribution is 2.36. The van der Waals surface area contributed by atoms with Crippen molar-refractivity contribution in [1.29, 1.82) is 5.26 Å². The highest BCUT2D eigenvalue weighted by Gasteiger charge is 2.51. The summed E-state index contributed by atoms with van der Waals surface area (Å²) >= 11 is 1.42. The van der Waals surface area contributed by atoms with Crippen LogP contribution in [0.3, 0.4) is 0 Å². The first kappa shape index (κ1) is 11.7. The van der Waals surface area contributed by atoms with E-state index >= 15 is 0 Å². The summed E-state index contributed by atoms with van der Waals surface area (Å²) in [6.07, 6.45) is 0. The summed E-state index contributed by atoms with van der Waals surface area (Å²) in [5, 5.41) is 10.7. The molecule has 5 heteroatoms. The maximum atomic E-state index is 8.78. The van der Waals surface area contributed by atoms with Gasteiger partial charge in [0.05, 0.1) is 11.2 Å². The van der Waals surface area contributed by atoms with Crippen molar-refractivity contribution in [2.24, 2.45) is 0 Å². The van der Waals surface area contributed by atoms with Gasteiger partial charge in [0, 0.05) is 0 Å². The van der Waals surface area contributed by atoms with Crippen molar-refractivity contribution in [3.8, 4) is 6.07 Å². The Morgan fingerprint density at radius 1 is 1.25 bits per heavy atom. The van der Waals surface area contributed by atoms with Crippen LogP contribution in [0.4, 0.5) is 0 Å². The molecule has 0 bridgehead atoms. The monoisotopic (exact) mass is 235 g/mol. The lowest BCUT2D eigenvalue weighted by molar-refractivity contribution is 0.00578. The number of hydrogen-bond donors (Lipinski definition) is 0. The van der Waals surface area contributed by atoms with Gasteiger partial charge in [0.1, 0.15) is 10.9 Å². The molecule has 0 atom stereocenters. The molecule has 0 aliphatic carbocycles. The second kappa shape index (κ2) is 3.59. The van der Waals surface area contributed by atoms with Crippen LogP contribution in [0.5, 0.6) is 0 Å². The molecule has 0 spiro atoms. The first-order valence-corrected chi connectivity index (χ1v) is 6.08. The number of hydrogen-bond acceptors (Lipinski definition) is 4. The molecular formula is C11H14BNO2S. The molecule has 2 heterocycles. The second-order valence-corrected chi connectivity index (χ2v) is 5.86. The van der Waals surface area contributed by atoms with Crippen LogP contribution in [0, 0.1) is 11.3 Å². The van der Waals surface area contributed by atoms with Crippen LogP contribution < -0.4 is 5.46 Å². The zero-order valence-corrected chi connectivity index (χ0v) is 10.7. The molecule has 2 rings (SSSR count). The van der Waals surface area contributed by atoms with Gasteiger partial charge in [-0.25, -0.2) is 0 Å². The third-order valence-electron chi connectivity index (χ3n) is 3.26. The highest BCUT2D eigenvalue weighted by atomic mass is 32.1.